The van der Waals surface area contributed by atoms with Gasteiger partial charge in [-0.3, -0.25) is 4.79 Å². The molecule has 3 rings (SSSR count). The Hall–Kier alpha value is -2.95. The van der Waals surface area contributed by atoms with Crippen molar-refractivity contribution in [3.8, 4) is 5.69 Å². The van der Waals surface area contributed by atoms with Gasteiger partial charge in [0.1, 0.15) is 0 Å². The van der Waals surface area contributed by atoms with E-state index in [2.05, 4.69) is 10.2 Å². The topological polar surface area (TPSA) is 51.0 Å². The molecule has 5 heteroatoms. The number of carbonyl (C=O) groups excluding carboxylic acids is 1. The van der Waals surface area contributed by atoms with Crippen LogP contribution in [0.2, 0.25) is 0 Å². The van der Waals surface area contributed by atoms with Gasteiger partial charge in [-0.15, -0.1) is 5.10 Å². The Morgan fingerprint density at radius 1 is 1.04 bits per heavy atom. The van der Waals surface area contributed by atoms with Crippen LogP contribution in [0.15, 0.2) is 66.9 Å². The molecular formula is C18H18N4O. The lowest BCUT2D eigenvalue weighted by atomic mass is 10.2. The lowest BCUT2D eigenvalue weighted by molar-refractivity contribution is 0.0746. The van der Waals surface area contributed by atoms with E-state index in [1.807, 2.05) is 67.6 Å². The van der Waals surface area contributed by atoms with Gasteiger partial charge in [-0.25, -0.2) is 0 Å². The van der Waals surface area contributed by atoms with Crippen LogP contribution in [-0.4, -0.2) is 32.3 Å². The summed E-state index contributed by atoms with van der Waals surface area (Å²) in [5, 5.41) is 8.49. The van der Waals surface area contributed by atoms with Crippen LogP contribution in [0, 0.1) is 0 Å². The Morgan fingerprint density at radius 2 is 1.70 bits per heavy atom. The van der Waals surface area contributed by atoms with Crippen LogP contribution < -0.4 is 0 Å². The van der Waals surface area contributed by atoms with Crippen molar-refractivity contribution in [2.75, 3.05) is 6.54 Å². The molecule has 1 aromatic heterocycles. The number of amides is 1. The standard InChI is InChI=1S/C18H18N4O/c1-2-21(14-15-9-5-3-6-10-15)18(23)17-13-19-22(20-17)16-11-7-4-8-12-16/h3-13H,2,14H2,1H3. The molecule has 3 aromatic rings. The van der Waals surface area contributed by atoms with Crippen LogP contribution in [0.4, 0.5) is 0 Å². The van der Waals surface area contributed by atoms with E-state index in [0.717, 1.165) is 11.3 Å². The fourth-order valence-corrected chi connectivity index (χ4v) is 2.34. The second-order valence-corrected chi connectivity index (χ2v) is 5.16. The summed E-state index contributed by atoms with van der Waals surface area (Å²) in [4.78, 5) is 15.9. The van der Waals surface area contributed by atoms with Gasteiger partial charge in [0.15, 0.2) is 5.69 Å². The fraction of sp³-hybridized carbons (Fsp3) is 0.167. The van der Waals surface area contributed by atoms with Crippen molar-refractivity contribution in [3.05, 3.63) is 78.1 Å². The highest BCUT2D eigenvalue weighted by molar-refractivity contribution is 5.91. The van der Waals surface area contributed by atoms with Gasteiger partial charge in [-0.05, 0) is 24.6 Å². The zero-order valence-corrected chi connectivity index (χ0v) is 13.0. The summed E-state index contributed by atoms with van der Waals surface area (Å²) in [6.45, 7) is 3.14. The Kier molecular flexibility index (Phi) is 4.47. The van der Waals surface area contributed by atoms with Crippen LogP contribution in [0.3, 0.4) is 0 Å². The first-order valence-corrected chi connectivity index (χ1v) is 7.59. The molecule has 23 heavy (non-hydrogen) atoms. The maximum absolute atomic E-state index is 12.6. The number of nitrogens with zero attached hydrogens (tertiary/aromatic N) is 4. The smallest absolute Gasteiger partial charge is 0.276 e. The number of rotatable bonds is 5. The molecule has 0 spiro atoms. The van der Waals surface area contributed by atoms with Gasteiger partial charge < -0.3 is 4.90 Å². The second-order valence-electron chi connectivity index (χ2n) is 5.16. The molecule has 0 unspecified atom stereocenters. The molecular weight excluding hydrogens is 288 g/mol. The average molecular weight is 306 g/mol. The van der Waals surface area contributed by atoms with Gasteiger partial charge in [0.05, 0.1) is 11.9 Å². The minimum Gasteiger partial charge on any atom is -0.333 e. The largest absolute Gasteiger partial charge is 0.333 e. The molecule has 116 valence electrons. The van der Waals surface area contributed by atoms with Gasteiger partial charge in [0, 0.05) is 13.1 Å². The fourth-order valence-electron chi connectivity index (χ4n) is 2.34. The minimum absolute atomic E-state index is 0.112. The predicted molar refractivity (Wildman–Crippen MR) is 88.2 cm³/mol. The van der Waals surface area contributed by atoms with Gasteiger partial charge in [0.25, 0.3) is 5.91 Å². The molecule has 0 aliphatic carbocycles. The molecule has 0 atom stereocenters. The third kappa shape index (κ3) is 3.45. The number of hydrogen-bond acceptors (Lipinski definition) is 3. The zero-order chi connectivity index (χ0) is 16.1. The normalized spacial score (nSPS) is 10.5. The molecule has 2 aromatic carbocycles. The van der Waals surface area contributed by atoms with Crippen LogP contribution in [0.5, 0.6) is 0 Å². The van der Waals surface area contributed by atoms with E-state index in [1.165, 1.54) is 11.0 Å². The van der Waals surface area contributed by atoms with E-state index in [0.29, 0.717) is 18.8 Å². The number of aromatic nitrogens is 3. The number of benzene rings is 2. The first-order valence-electron chi connectivity index (χ1n) is 7.59. The lowest BCUT2D eigenvalue weighted by Gasteiger charge is -2.19. The summed E-state index contributed by atoms with van der Waals surface area (Å²) in [6, 6.07) is 19.5. The van der Waals surface area contributed by atoms with E-state index < -0.39 is 0 Å². The summed E-state index contributed by atoms with van der Waals surface area (Å²) in [6.07, 6.45) is 1.52. The van der Waals surface area contributed by atoms with Crippen molar-refractivity contribution < 1.29 is 4.79 Å². The quantitative estimate of drug-likeness (QED) is 0.728. The van der Waals surface area contributed by atoms with Gasteiger partial charge >= 0.3 is 0 Å². The Labute approximate surface area is 135 Å². The Morgan fingerprint density at radius 3 is 2.35 bits per heavy atom. The zero-order valence-electron chi connectivity index (χ0n) is 13.0. The first-order chi connectivity index (χ1) is 11.3. The van der Waals surface area contributed by atoms with Gasteiger partial charge in [-0.1, -0.05) is 48.5 Å². The third-order valence-corrected chi connectivity index (χ3v) is 3.58. The molecule has 0 radical (unpaired) electrons. The minimum atomic E-state index is -0.112. The molecule has 0 saturated heterocycles. The highest BCUT2D eigenvalue weighted by atomic mass is 16.2. The van der Waals surface area contributed by atoms with Crippen LogP contribution >= 0.6 is 0 Å². The van der Waals surface area contributed by atoms with Crippen molar-refractivity contribution in [1.29, 1.82) is 0 Å². The lowest BCUT2D eigenvalue weighted by Crippen LogP contribution is -2.30. The Balaban J connectivity index is 1.78. The van der Waals surface area contributed by atoms with E-state index in [9.17, 15) is 4.79 Å². The third-order valence-electron chi connectivity index (χ3n) is 3.58. The highest BCUT2D eigenvalue weighted by Crippen LogP contribution is 2.10. The van der Waals surface area contributed by atoms with Crippen LogP contribution in [-0.2, 0) is 6.54 Å². The molecule has 0 bridgehead atoms. The number of para-hydroxylation sites is 1. The average Bonchev–Trinajstić information content (AvgIpc) is 3.11. The Bertz CT molecular complexity index is 768. The molecule has 0 fully saturated rings. The van der Waals surface area contributed by atoms with E-state index in [4.69, 9.17) is 0 Å². The van der Waals surface area contributed by atoms with Crippen molar-refractivity contribution in [1.82, 2.24) is 19.9 Å². The predicted octanol–water partition coefficient (Wildman–Crippen LogP) is 2.93. The summed E-state index contributed by atoms with van der Waals surface area (Å²) < 4.78 is 0. The van der Waals surface area contributed by atoms with Gasteiger partial charge in [-0.2, -0.15) is 9.90 Å². The maximum atomic E-state index is 12.6. The van der Waals surface area contributed by atoms with Crippen molar-refractivity contribution >= 4 is 5.91 Å². The van der Waals surface area contributed by atoms with Crippen LogP contribution in [0.1, 0.15) is 23.0 Å². The summed E-state index contributed by atoms with van der Waals surface area (Å²) in [5.41, 5.74) is 2.28. The van der Waals surface area contributed by atoms with Crippen molar-refractivity contribution in [2.24, 2.45) is 0 Å². The molecule has 0 saturated carbocycles. The maximum Gasteiger partial charge on any atom is 0.276 e. The molecule has 0 N–H and O–H groups in total. The monoisotopic (exact) mass is 306 g/mol. The molecule has 0 aliphatic heterocycles. The van der Waals surface area contributed by atoms with E-state index in [1.54, 1.807) is 4.90 Å². The summed E-state index contributed by atoms with van der Waals surface area (Å²) >= 11 is 0. The van der Waals surface area contributed by atoms with Gasteiger partial charge in [0.2, 0.25) is 0 Å². The van der Waals surface area contributed by atoms with E-state index >= 15 is 0 Å². The van der Waals surface area contributed by atoms with Crippen molar-refractivity contribution in [2.45, 2.75) is 13.5 Å². The number of carbonyl (C=O) groups is 1. The molecule has 0 aliphatic rings. The second kappa shape index (κ2) is 6.87. The molecule has 1 amide bonds. The van der Waals surface area contributed by atoms with Crippen LogP contribution in [0.25, 0.3) is 5.69 Å². The van der Waals surface area contributed by atoms with E-state index in [-0.39, 0.29) is 5.91 Å². The number of hydrogen-bond donors (Lipinski definition) is 0. The highest BCUT2D eigenvalue weighted by Gasteiger charge is 2.18. The summed E-state index contributed by atoms with van der Waals surface area (Å²) in [7, 11) is 0. The molecule has 5 nitrogen and oxygen atoms in total. The van der Waals surface area contributed by atoms with Crippen molar-refractivity contribution in [3.63, 3.8) is 0 Å². The SMILES string of the molecule is CCN(Cc1ccccc1)C(=O)c1cnn(-c2ccccc2)n1. The summed E-state index contributed by atoms with van der Waals surface area (Å²) in [5.74, 6) is -0.112. The first kappa shape index (κ1) is 15.0. The molecule has 1 heterocycles.